The van der Waals surface area contributed by atoms with Crippen LogP contribution < -0.4 is 14.7 Å². The number of thiophene rings is 2. The van der Waals surface area contributed by atoms with Crippen molar-refractivity contribution in [1.82, 2.24) is 13.7 Å². The Morgan fingerprint density at radius 2 is 0.440 bits per heavy atom. The van der Waals surface area contributed by atoms with Crippen LogP contribution in [0.25, 0.3) is 212 Å². The summed E-state index contributed by atoms with van der Waals surface area (Å²) >= 11 is 3.73. The average Bonchev–Trinajstić information content (AvgIpc) is 1.56. The number of hydrogen-bond acceptors (Lipinski definition) is 7. The van der Waals surface area contributed by atoms with E-state index in [2.05, 4.69) is 587 Å². The number of aromatic nitrogens is 3. The fraction of sp³-hybridized carbons (Fsp3) is 0. The SMILES string of the molecule is c1ccc(-c2ccc(N(c3ccc(-c4cccc5ccccc45)cc3)c3cccc4c3oc3c5ccccc5n(-c5ccccc5)c43)cc2)cc1.c1ccc(-c2ccc(N(c3ccc(-c4ccccc4)cc3)c3cccc4c3sc3c5ccccc5n(-c5ccccc5)c43)cc2)cc1.c1ccc(-n2c3ccccc3c3oc4c(N(c5ccc(-c6cccc7ccccc67)cc5)c5cccc6c5sc5ccccc56)cccc4c32)cc1. The van der Waals surface area contributed by atoms with Crippen LogP contribution in [0.1, 0.15) is 0 Å². The molecule has 0 radical (unpaired) electrons. The van der Waals surface area contributed by atoms with Crippen LogP contribution in [0.15, 0.2) is 567 Å². The van der Waals surface area contributed by atoms with Crippen molar-refractivity contribution in [1.29, 1.82) is 0 Å². The first-order chi connectivity index (χ1) is 74.5. The summed E-state index contributed by atoms with van der Waals surface area (Å²) in [5, 5.41) is 14.4. The van der Waals surface area contributed by atoms with E-state index in [1.54, 1.807) is 0 Å². The lowest BCUT2D eigenvalue weighted by Gasteiger charge is -2.26. The van der Waals surface area contributed by atoms with Gasteiger partial charge in [-0.05, 0) is 247 Å². The Morgan fingerprint density at radius 3 is 0.873 bits per heavy atom. The van der Waals surface area contributed by atoms with Gasteiger partial charge in [-0.3, -0.25) is 0 Å². The molecule has 0 spiro atoms. The third-order valence-corrected chi connectivity index (χ3v) is 31.8. The second kappa shape index (κ2) is 37.7. The van der Waals surface area contributed by atoms with Crippen LogP contribution in [0.5, 0.6) is 0 Å². The molecule has 7 aromatic heterocycles. The minimum Gasteiger partial charge on any atom is -0.451 e. The fourth-order valence-corrected chi connectivity index (χ4v) is 25.0. The van der Waals surface area contributed by atoms with Crippen molar-refractivity contribution in [3.05, 3.63) is 558 Å². The van der Waals surface area contributed by atoms with E-state index in [1.165, 1.54) is 140 Å². The van der Waals surface area contributed by atoms with Gasteiger partial charge in [0.2, 0.25) is 0 Å². The molecule has 0 aliphatic carbocycles. The molecule has 0 aliphatic rings. The van der Waals surface area contributed by atoms with Crippen LogP contribution in [0.4, 0.5) is 51.2 Å². The summed E-state index contributed by atoms with van der Waals surface area (Å²) in [5.41, 5.74) is 35.5. The summed E-state index contributed by atoms with van der Waals surface area (Å²) in [7, 11) is 0. The molecule has 23 aromatic carbocycles. The van der Waals surface area contributed by atoms with Crippen molar-refractivity contribution in [3.8, 4) is 72.7 Å². The molecule has 0 amide bonds. The van der Waals surface area contributed by atoms with Gasteiger partial charge in [-0.25, -0.2) is 0 Å². The van der Waals surface area contributed by atoms with Crippen LogP contribution >= 0.6 is 22.7 Å². The zero-order valence-corrected chi connectivity index (χ0v) is 83.1. The average molecular weight is 1950 g/mol. The van der Waals surface area contributed by atoms with Crippen molar-refractivity contribution in [2.45, 2.75) is 0 Å². The number of benzene rings is 23. The highest BCUT2D eigenvalue weighted by Gasteiger charge is 2.31. The van der Waals surface area contributed by atoms with Gasteiger partial charge in [0, 0.05) is 93.3 Å². The third kappa shape index (κ3) is 15.4. The number of nitrogens with zero attached hydrogens (tertiary/aromatic N) is 6. The monoisotopic (exact) mass is 1950 g/mol. The largest absolute Gasteiger partial charge is 0.451 e. The number of para-hydroxylation sites is 8. The Kier molecular flexibility index (Phi) is 22.2. The highest BCUT2D eigenvalue weighted by atomic mass is 32.1. The quantitative estimate of drug-likeness (QED) is 0.0909. The van der Waals surface area contributed by atoms with Crippen molar-refractivity contribution >= 4 is 213 Å². The summed E-state index contributed by atoms with van der Waals surface area (Å²) in [6.45, 7) is 0. The maximum Gasteiger partial charge on any atom is 0.161 e. The maximum absolute atomic E-state index is 7.08. The molecule has 10 heteroatoms. The maximum atomic E-state index is 7.08. The number of rotatable bonds is 17. The standard InChI is InChI=1S/C48H30N2OS.C48H32N2O.C44H30N2S/c1-2-15-33(16-3-1)50-41-23-8-6-19-39(41)47-45(50)40-22-12-24-42(46(40)51-47)49(43-25-11-21-38-37-18-7-9-26-44(37)52-48(38)43)34-29-27-32(28-30-34)36-20-10-14-31-13-4-5-17-35(31)36;1-3-13-33(14-4-1)34-25-29-38(30-26-34)49(39-31-27-36(28-32-39)41-21-11-16-35-15-7-8-19-40(35)41)45-24-12-22-43-46-48(51-47(43)45)42-20-9-10-23-44(42)50(46)37-17-5-2-6-18-37;1-4-13-31(14-5-1)33-23-27-36(28-24-33)45(37-29-25-34(26-30-37)32-15-6-2-7-16-32)41-22-12-20-39-42-44(47-43(39)41)38-19-10-11-21-40(38)46(42)35-17-8-3-9-18-35/h1-30H;1-32H;1-30H. The number of fused-ring (bicyclic) bond motifs is 20. The zero-order valence-electron chi connectivity index (χ0n) is 81.4. The molecule has 0 N–H and O–H groups in total. The summed E-state index contributed by atoms with van der Waals surface area (Å²) < 4.78 is 26.3. The Balaban J connectivity index is 0.000000108. The number of hydrogen-bond donors (Lipinski definition) is 0. The van der Waals surface area contributed by atoms with Crippen LogP contribution in [0.2, 0.25) is 0 Å². The van der Waals surface area contributed by atoms with Crippen molar-refractivity contribution < 1.29 is 8.83 Å². The smallest absolute Gasteiger partial charge is 0.161 e. The van der Waals surface area contributed by atoms with E-state index in [-0.39, 0.29) is 0 Å². The molecule has 0 saturated heterocycles. The van der Waals surface area contributed by atoms with Gasteiger partial charge < -0.3 is 37.2 Å². The molecule has 30 aromatic rings. The van der Waals surface area contributed by atoms with Gasteiger partial charge in [-0.2, -0.15) is 0 Å². The fourth-order valence-electron chi connectivity index (χ4n) is 22.5. The molecule has 150 heavy (non-hydrogen) atoms. The Hall–Kier alpha value is -19.4. The third-order valence-electron chi connectivity index (χ3n) is 29.4. The molecule has 0 fully saturated rings. The van der Waals surface area contributed by atoms with E-state index in [4.69, 9.17) is 8.83 Å². The van der Waals surface area contributed by atoms with Crippen molar-refractivity contribution in [2.24, 2.45) is 0 Å². The second-order valence-corrected chi connectivity index (χ2v) is 40.1. The molecule has 0 saturated carbocycles. The first-order valence-corrected chi connectivity index (χ1v) is 52.5. The highest BCUT2D eigenvalue weighted by Crippen LogP contribution is 2.54. The first kappa shape index (κ1) is 88.4. The molecule has 8 nitrogen and oxygen atoms in total. The molecule has 7 heterocycles. The van der Waals surface area contributed by atoms with Gasteiger partial charge in [0.1, 0.15) is 11.0 Å². The molecular formula is C140H92N6O2S2. The normalized spacial score (nSPS) is 11.6. The van der Waals surface area contributed by atoms with E-state index in [1.807, 2.05) is 22.7 Å². The second-order valence-electron chi connectivity index (χ2n) is 38.0. The highest BCUT2D eigenvalue weighted by molar-refractivity contribution is 7.27. The predicted molar refractivity (Wildman–Crippen MR) is 636 cm³/mol. The van der Waals surface area contributed by atoms with E-state index in [9.17, 15) is 0 Å². The minimum absolute atomic E-state index is 0.850. The molecule has 30 rings (SSSR count). The van der Waals surface area contributed by atoms with Crippen molar-refractivity contribution in [3.63, 3.8) is 0 Å². The summed E-state index contributed by atoms with van der Waals surface area (Å²) in [6.07, 6.45) is 0. The molecule has 0 bridgehead atoms. The topological polar surface area (TPSA) is 50.8 Å². The molecular weight excluding hydrogens is 1860 g/mol. The van der Waals surface area contributed by atoms with Gasteiger partial charge in [0.05, 0.1) is 58.9 Å². The van der Waals surface area contributed by atoms with Gasteiger partial charge in [-0.1, -0.05) is 388 Å². The van der Waals surface area contributed by atoms with Gasteiger partial charge in [0.15, 0.2) is 22.3 Å². The summed E-state index contributed by atoms with van der Waals surface area (Å²) in [6, 6.07) is 200. The van der Waals surface area contributed by atoms with Gasteiger partial charge >= 0.3 is 0 Å². The van der Waals surface area contributed by atoms with E-state index >= 15 is 0 Å². The zero-order chi connectivity index (χ0) is 99.1. The summed E-state index contributed by atoms with van der Waals surface area (Å²) in [5.74, 6) is 0. The predicted octanol–water partition coefficient (Wildman–Crippen LogP) is 40.5. The molecule has 706 valence electrons. The molecule has 0 aliphatic heterocycles. The van der Waals surface area contributed by atoms with Gasteiger partial charge in [-0.15, -0.1) is 22.7 Å². The van der Waals surface area contributed by atoms with Crippen LogP contribution in [-0.2, 0) is 0 Å². The molecule has 0 unspecified atom stereocenters. The van der Waals surface area contributed by atoms with E-state index < -0.39 is 0 Å². The lowest BCUT2D eigenvalue weighted by molar-refractivity contribution is 0.672. The lowest BCUT2D eigenvalue weighted by Crippen LogP contribution is -2.10. The lowest BCUT2D eigenvalue weighted by atomic mass is 9.98. The summed E-state index contributed by atoms with van der Waals surface area (Å²) in [4.78, 5) is 7.13. The Labute approximate surface area is 874 Å². The van der Waals surface area contributed by atoms with Crippen LogP contribution in [0, 0.1) is 0 Å². The van der Waals surface area contributed by atoms with Crippen molar-refractivity contribution in [2.75, 3.05) is 14.7 Å². The Morgan fingerprint density at radius 1 is 0.160 bits per heavy atom. The van der Waals surface area contributed by atoms with E-state index in [0.29, 0.717) is 0 Å². The minimum atomic E-state index is 0.850. The molecule has 0 atom stereocenters. The van der Waals surface area contributed by atoms with Crippen LogP contribution in [-0.4, -0.2) is 13.7 Å². The van der Waals surface area contributed by atoms with Crippen LogP contribution in [0.3, 0.4) is 0 Å². The first-order valence-electron chi connectivity index (χ1n) is 50.9. The number of furan rings is 2. The van der Waals surface area contributed by atoms with E-state index in [0.717, 1.165) is 123 Å². The Bertz CT molecular complexity index is 10200. The number of anilines is 9. The van der Waals surface area contributed by atoms with Gasteiger partial charge in [0.25, 0.3) is 0 Å².